The molecule has 0 bridgehead atoms. The molecule has 0 radical (unpaired) electrons. The van der Waals surface area contributed by atoms with Gasteiger partial charge in [0.1, 0.15) is 0 Å². The Kier molecular flexibility index (Phi) is 5.65. The summed E-state index contributed by atoms with van der Waals surface area (Å²) in [5, 5.41) is 4.22. The smallest absolute Gasteiger partial charge is 0.229 e. The third-order valence-corrected chi connectivity index (χ3v) is 5.58. The van der Waals surface area contributed by atoms with Crippen molar-refractivity contribution >= 4 is 28.4 Å². The highest BCUT2D eigenvalue weighted by molar-refractivity contribution is 5.94. The Labute approximate surface area is 171 Å². The Bertz CT molecular complexity index is 991. The van der Waals surface area contributed by atoms with Gasteiger partial charge >= 0.3 is 0 Å². The molecular formula is C24H27N3O2. The quantitative estimate of drug-likeness (QED) is 0.657. The van der Waals surface area contributed by atoms with E-state index in [4.69, 9.17) is 0 Å². The van der Waals surface area contributed by atoms with Gasteiger partial charge in [-0.3, -0.25) is 9.59 Å². The number of hydrogen-bond acceptors (Lipinski definition) is 2. The van der Waals surface area contributed by atoms with Crippen molar-refractivity contribution in [1.82, 2.24) is 9.88 Å². The van der Waals surface area contributed by atoms with Gasteiger partial charge in [0.2, 0.25) is 11.8 Å². The van der Waals surface area contributed by atoms with E-state index >= 15 is 0 Å². The van der Waals surface area contributed by atoms with Crippen LogP contribution in [0.15, 0.2) is 54.6 Å². The molecule has 0 saturated carbocycles. The van der Waals surface area contributed by atoms with Gasteiger partial charge in [-0.2, -0.15) is 0 Å². The summed E-state index contributed by atoms with van der Waals surface area (Å²) in [5.74, 6) is -0.000100. The maximum Gasteiger partial charge on any atom is 0.229 e. The zero-order valence-electron chi connectivity index (χ0n) is 16.8. The van der Waals surface area contributed by atoms with E-state index in [9.17, 15) is 9.59 Å². The van der Waals surface area contributed by atoms with Crippen LogP contribution in [-0.2, 0) is 9.59 Å². The molecule has 3 aromatic rings. The molecule has 2 amide bonds. The number of para-hydroxylation sites is 1. The molecule has 29 heavy (non-hydrogen) atoms. The zero-order valence-corrected chi connectivity index (χ0v) is 16.8. The number of amides is 2. The molecule has 5 nitrogen and oxygen atoms in total. The molecule has 1 saturated heterocycles. The summed E-state index contributed by atoms with van der Waals surface area (Å²) in [6.07, 6.45) is 3.10. The van der Waals surface area contributed by atoms with Crippen molar-refractivity contribution in [2.24, 2.45) is 5.92 Å². The largest absolute Gasteiger partial charge is 0.355 e. The van der Waals surface area contributed by atoms with E-state index in [1.165, 1.54) is 0 Å². The van der Waals surface area contributed by atoms with Crippen LogP contribution in [0.2, 0.25) is 0 Å². The number of piperidine rings is 1. The molecule has 1 atom stereocenters. The van der Waals surface area contributed by atoms with Gasteiger partial charge in [-0.15, -0.1) is 0 Å². The summed E-state index contributed by atoms with van der Waals surface area (Å²) in [6, 6.07) is 18.2. The lowest BCUT2D eigenvalue weighted by molar-refractivity contribution is -0.134. The molecular weight excluding hydrogens is 362 g/mol. The molecule has 0 spiro atoms. The van der Waals surface area contributed by atoms with Gasteiger partial charge in [-0.05, 0) is 43.5 Å². The molecule has 150 valence electrons. The number of fused-ring (bicyclic) bond motifs is 1. The lowest BCUT2D eigenvalue weighted by Gasteiger charge is -2.32. The van der Waals surface area contributed by atoms with Crippen molar-refractivity contribution in [2.75, 3.05) is 18.4 Å². The van der Waals surface area contributed by atoms with Crippen LogP contribution in [0.25, 0.3) is 22.2 Å². The minimum atomic E-state index is -0.152. The Morgan fingerprint density at radius 3 is 2.83 bits per heavy atom. The van der Waals surface area contributed by atoms with E-state index in [1.807, 2.05) is 48.2 Å². The summed E-state index contributed by atoms with van der Waals surface area (Å²) in [4.78, 5) is 30.3. The van der Waals surface area contributed by atoms with Crippen molar-refractivity contribution in [3.8, 4) is 11.3 Å². The monoisotopic (exact) mass is 389 g/mol. The van der Waals surface area contributed by atoms with E-state index in [2.05, 4.69) is 28.5 Å². The highest BCUT2D eigenvalue weighted by Crippen LogP contribution is 2.27. The second kappa shape index (κ2) is 8.52. The van der Waals surface area contributed by atoms with Crippen LogP contribution in [0, 0.1) is 5.92 Å². The first-order valence-corrected chi connectivity index (χ1v) is 10.4. The highest BCUT2D eigenvalue weighted by atomic mass is 16.2. The predicted molar refractivity (Wildman–Crippen MR) is 117 cm³/mol. The number of anilines is 1. The van der Waals surface area contributed by atoms with Gasteiger partial charge in [0.15, 0.2) is 0 Å². The van der Waals surface area contributed by atoms with Crippen LogP contribution in [0.1, 0.15) is 32.6 Å². The van der Waals surface area contributed by atoms with Crippen molar-refractivity contribution in [3.05, 3.63) is 54.6 Å². The molecule has 5 heteroatoms. The fourth-order valence-corrected chi connectivity index (χ4v) is 4.03. The van der Waals surface area contributed by atoms with Crippen LogP contribution in [0.3, 0.4) is 0 Å². The average Bonchev–Trinajstić information content (AvgIpc) is 3.19. The summed E-state index contributed by atoms with van der Waals surface area (Å²) in [7, 11) is 0. The number of nitrogens with zero attached hydrogens (tertiary/aromatic N) is 1. The first-order chi connectivity index (χ1) is 14.1. The zero-order chi connectivity index (χ0) is 20.2. The number of likely N-dealkylation sites (tertiary alicyclic amines) is 1. The van der Waals surface area contributed by atoms with Crippen LogP contribution in [0.4, 0.5) is 5.69 Å². The molecule has 2 aromatic carbocycles. The minimum Gasteiger partial charge on any atom is -0.355 e. The van der Waals surface area contributed by atoms with Gasteiger partial charge in [-0.1, -0.05) is 37.3 Å². The van der Waals surface area contributed by atoms with Crippen LogP contribution >= 0.6 is 0 Å². The highest BCUT2D eigenvalue weighted by Gasteiger charge is 2.28. The molecule has 2 heterocycles. The third kappa shape index (κ3) is 4.34. The number of aromatic amines is 1. The topological polar surface area (TPSA) is 65.2 Å². The molecule has 2 N–H and O–H groups in total. The van der Waals surface area contributed by atoms with Gasteiger partial charge < -0.3 is 15.2 Å². The van der Waals surface area contributed by atoms with Crippen molar-refractivity contribution in [2.45, 2.75) is 32.6 Å². The fraction of sp³-hybridized carbons (Fsp3) is 0.333. The molecule has 1 aliphatic heterocycles. The van der Waals surface area contributed by atoms with Gasteiger partial charge in [-0.25, -0.2) is 0 Å². The maximum absolute atomic E-state index is 12.8. The second-order valence-electron chi connectivity index (χ2n) is 7.77. The average molecular weight is 389 g/mol. The number of nitrogens with one attached hydrogen (secondary N) is 2. The third-order valence-electron chi connectivity index (χ3n) is 5.58. The van der Waals surface area contributed by atoms with Crippen LogP contribution < -0.4 is 5.32 Å². The van der Waals surface area contributed by atoms with E-state index in [-0.39, 0.29) is 17.7 Å². The first kappa shape index (κ1) is 19.2. The molecule has 1 unspecified atom stereocenters. The number of hydrogen-bond donors (Lipinski definition) is 2. The molecule has 1 aromatic heterocycles. The number of H-pyrrole nitrogens is 1. The molecule has 1 fully saturated rings. The fourth-order valence-electron chi connectivity index (χ4n) is 4.03. The van der Waals surface area contributed by atoms with Crippen molar-refractivity contribution < 1.29 is 9.59 Å². The summed E-state index contributed by atoms with van der Waals surface area (Å²) >= 11 is 0. The first-order valence-electron chi connectivity index (χ1n) is 10.4. The Hall–Kier alpha value is -3.08. The number of carbonyl (C=O) groups is 2. The SMILES string of the molecule is CCCC(=O)N1CCCC(C(=O)Nc2cccc(-c3cc4ccccc4[nH]3)c2)C1. The maximum atomic E-state index is 12.8. The summed E-state index contributed by atoms with van der Waals surface area (Å²) in [5.41, 5.74) is 3.93. The standard InChI is InChI=1S/C24H27N3O2/c1-2-7-23(28)27-13-6-10-19(16-27)24(29)25-20-11-5-9-17(14-20)22-15-18-8-3-4-12-21(18)26-22/h3-5,8-9,11-12,14-15,19,26H,2,6-7,10,13,16H2,1H3,(H,25,29). The van der Waals surface area contributed by atoms with Gasteiger partial charge in [0.05, 0.1) is 5.92 Å². The van der Waals surface area contributed by atoms with Crippen LogP contribution in [0.5, 0.6) is 0 Å². The molecule has 4 rings (SSSR count). The Balaban J connectivity index is 1.46. The van der Waals surface area contributed by atoms with E-state index < -0.39 is 0 Å². The number of aromatic nitrogens is 1. The number of rotatable bonds is 5. The predicted octanol–water partition coefficient (Wildman–Crippen LogP) is 4.81. The van der Waals surface area contributed by atoms with Crippen LogP contribution in [-0.4, -0.2) is 34.8 Å². The lowest BCUT2D eigenvalue weighted by Crippen LogP contribution is -2.43. The van der Waals surface area contributed by atoms with Crippen molar-refractivity contribution in [3.63, 3.8) is 0 Å². The molecule has 1 aliphatic rings. The molecule has 0 aliphatic carbocycles. The Morgan fingerprint density at radius 1 is 1.14 bits per heavy atom. The lowest BCUT2D eigenvalue weighted by atomic mass is 9.96. The van der Waals surface area contributed by atoms with Crippen molar-refractivity contribution in [1.29, 1.82) is 0 Å². The second-order valence-corrected chi connectivity index (χ2v) is 7.77. The Morgan fingerprint density at radius 2 is 2.00 bits per heavy atom. The van der Waals surface area contributed by atoms with E-state index in [1.54, 1.807) is 0 Å². The summed E-state index contributed by atoms with van der Waals surface area (Å²) in [6.45, 7) is 3.29. The van der Waals surface area contributed by atoms with E-state index in [0.717, 1.165) is 53.7 Å². The summed E-state index contributed by atoms with van der Waals surface area (Å²) < 4.78 is 0. The normalized spacial score (nSPS) is 16.7. The number of carbonyl (C=O) groups excluding carboxylic acids is 2. The van der Waals surface area contributed by atoms with Gasteiger partial charge in [0.25, 0.3) is 0 Å². The van der Waals surface area contributed by atoms with E-state index in [0.29, 0.717) is 13.0 Å². The minimum absolute atomic E-state index is 0.00667. The number of benzene rings is 2. The van der Waals surface area contributed by atoms with Gasteiger partial charge in [0, 0.05) is 47.4 Å².